The van der Waals surface area contributed by atoms with Crippen molar-refractivity contribution in [2.75, 3.05) is 5.88 Å². The first kappa shape index (κ1) is 16.9. The molecule has 4 rings (SSSR count). The molecule has 132 valence electrons. The maximum absolute atomic E-state index is 12.5. The minimum atomic E-state index is -0.204. The number of carbonyl (C=O) groups is 1. The molecular formula is C19H13ClN6O. The zero-order chi connectivity index (χ0) is 19.0. The van der Waals surface area contributed by atoms with E-state index < -0.39 is 0 Å². The summed E-state index contributed by atoms with van der Waals surface area (Å²) in [6.07, 6.45) is 3.12. The van der Waals surface area contributed by atoms with Gasteiger partial charge in [0.1, 0.15) is 5.52 Å². The number of alkyl halides is 1. The van der Waals surface area contributed by atoms with Gasteiger partial charge < -0.3 is 4.57 Å². The minimum Gasteiger partial charge on any atom is -0.312 e. The zero-order valence-electron chi connectivity index (χ0n) is 14.3. The molecule has 8 heteroatoms. The van der Waals surface area contributed by atoms with Gasteiger partial charge in [-0.25, -0.2) is 4.98 Å². The van der Waals surface area contributed by atoms with Crippen molar-refractivity contribution < 1.29 is 4.79 Å². The van der Waals surface area contributed by atoms with Crippen LogP contribution in [0.1, 0.15) is 21.6 Å². The van der Waals surface area contributed by atoms with E-state index in [-0.39, 0.29) is 11.7 Å². The fraction of sp³-hybridized carbons (Fsp3) is 0.105. The molecule has 0 N–H and O–H groups in total. The fourth-order valence-corrected chi connectivity index (χ4v) is 3.27. The highest BCUT2D eigenvalue weighted by Crippen LogP contribution is 2.29. The van der Waals surface area contributed by atoms with Gasteiger partial charge in [-0.2, -0.15) is 15.5 Å². The van der Waals surface area contributed by atoms with Crippen LogP contribution >= 0.6 is 11.6 Å². The number of hydrogen-bond donors (Lipinski definition) is 0. The van der Waals surface area contributed by atoms with Gasteiger partial charge in [0, 0.05) is 11.4 Å². The highest BCUT2D eigenvalue weighted by molar-refractivity contribution is 6.32. The topological polar surface area (TPSA) is 89.4 Å². The first-order valence-corrected chi connectivity index (χ1v) is 8.66. The maximum atomic E-state index is 12.5. The third-order valence-electron chi connectivity index (χ3n) is 4.31. The lowest BCUT2D eigenvalue weighted by Gasteiger charge is -2.08. The Balaban J connectivity index is 2.00. The summed E-state index contributed by atoms with van der Waals surface area (Å²) in [6.45, 7) is 1.85. The van der Waals surface area contributed by atoms with Crippen molar-refractivity contribution in [1.29, 1.82) is 5.26 Å². The minimum absolute atomic E-state index is 0.140. The third-order valence-corrected chi connectivity index (χ3v) is 4.56. The summed E-state index contributed by atoms with van der Waals surface area (Å²) >= 11 is 5.84. The molecule has 7 nitrogen and oxygen atoms in total. The van der Waals surface area contributed by atoms with E-state index in [4.69, 9.17) is 16.9 Å². The van der Waals surface area contributed by atoms with Gasteiger partial charge in [0.2, 0.25) is 0 Å². The second-order valence-corrected chi connectivity index (χ2v) is 6.13. The lowest BCUT2D eigenvalue weighted by atomic mass is 10.1. The number of benzene rings is 1. The van der Waals surface area contributed by atoms with E-state index in [0.717, 1.165) is 16.9 Å². The Morgan fingerprint density at radius 3 is 2.48 bits per heavy atom. The van der Waals surface area contributed by atoms with Gasteiger partial charge in [-0.05, 0) is 43.3 Å². The summed E-state index contributed by atoms with van der Waals surface area (Å²) in [6, 6.07) is 12.9. The molecule has 1 aromatic carbocycles. The van der Waals surface area contributed by atoms with Crippen molar-refractivity contribution in [3.8, 4) is 17.6 Å². The lowest BCUT2D eigenvalue weighted by molar-refractivity contribution is 0.102. The Kier molecular flexibility index (Phi) is 4.18. The number of pyridine rings is 1. The van der Waals surface area contributed by atoms with Gasteiger partial charge in [0.25, 0.3) is 0 Å². The maximum Gasteiger partial charge on any atom is 0.181 e. The smallest absolute Gasteiger partial charge is 0.181 e. The first-order valence-electron chi connectivity index (χ1n) is 8.12. The number of nitriles is 1. The first-order chi connectivity index (χ1) is 13.1. The second-order valence-electron chi connectivity index (χ2n) is 5.87. The van der Waals surface area contributed by atoms with E-state index in [0.29, 0.717) is 22.5 Å². The number of aromatic nitrogens is 5. The van der Waals surface area contributed by atoms with E-state index in [9.17, 15) is 4.79 Å². The average Bonchev–Trinajstić information content (AvgIpc) is 3.33. The number of fused-ring (bicyclic) bond motifs is 1. The van der Waals surface area contributed by atoms with Gasteiger partial charge in [0.15, 0.2) is 11.6 Å². The molecule has 0 fully saturated rings. The van der Waals surface area contributed by atoms with E-state index in [1.165, 1.54) is 4.80 Å². The molecule has 0 radical (unpaired) electrons. The Morgan fingerprint density at radius 1 is 1.15 bits per heavy atom. The summed E-state index contributed by atoms with van der Waals surface area (Å²) < 4.78 is 1.93. The van der Waals surface area contributed by atoms with Crippen LogP contribution in [0.3, 0.4) is 0 Å². The number of ketones is 1. The number of rotatable bonds is 4. The summed E-state index contributed by atoms with van der Waals surface area (Å²) in [5.74, 6) is 0.164. The van der Waals surface area contributed by atoms with E-state index in [1.54, 1.807) is 30.6 Å². The Labute approximate surface area is 159 Å². The molecular weight excluding hydrogens is 364 g/mol. The van der Waals surface area contributed by atoms with Crippen LogP contribution in [0, 0.1) is 18.3 Å². The summed E-state index contributed by atoms with van der Waals surface area (Å²) in [5.41, 5.74) is 3.91. The van der Waals surface area contributed by atoms with Crippen LogP contribution in [0.5, 0.6) is 0 Å². The number of carbonyl (C=O) groups excluding carboxylic acids is 1. The van der Waals surface area contributed by atoms with Crippen LogP contribution in [0.15, 0.2) is 48.8 Å². The zero-order valence-corrected chi connectivity index (χ0v) is 15.1. The molecule has 0 atom stereocenters. The predicted molar refractivity (Wildman–Crippen MR) is 100 cm³/mol. The Bertz CT molecular complexity index is 1190. The number of halogens is 1. The highest BCUT2D eigenvalue weighted by Gasteiger charge is 2.22. The summed E-state index contributed by atoms with van der Waals surface area (Å²) in [7, 11) is 0. The Hall–Kier alpha value is -3.50. The molecule has 0 aliphatic carbocycles. The van der Waals surface area contributed by atoms with Crippen LogP contribution in [0.25, 0.3) is 22.5 Å². The summed E-state index contributed by atoms with van der Waals surface area (Å²) in [5, 5.41) is 17.2. The van der Waals surface area contributed by atoms with E-state index in [1.807, 2.05) is 29.7 Å². The van der Waals surface area contributed by atoms with Crippen molar-refractivity contribution in [2.24, 2.45) is 0 Å². The van der Waals surface area contributed by atoms with Crippen molar-refractivity contribution in [3.05, 3.63) is 65.6 Å². The molecule has 0 unspecified atom stereocenters. The van der Waals surface area contributed by atoms with Crippen molar-refractivity contribution >= 4 is 28.4 Å². The van der Waals surface area contributed by atoms with Crippen LogP contribution in [-0.4, -0.2) is 36.2 Å². The monoisotopic (exact) mass is 376 g/mol. The second kappa shape index (κ2) is 6.67. The van der Waals surface area contributed by atoms with E-state index >= 15 is 0 Å². The third kappa shape index (κ3) is 2.76. The molecule has 3 heterocycles. The van der Waals surface area contributed by atoms with Crippen molar-refractivity contribution in [1.82, 2.24) is 24.5 Å². The van der Waals surface area contributed by atoms with Gasteiger partial charge in [-0.3, -0.25) is 4.79 Å². The SMILES string of the molecule is Cc1c(C(=O)CCl)c2nc(-n3nccn3)ccc2n1-c1ccc(C#N)cc1. The van der Waals surface area contributed by atoms with Crippen LogP contribution in [-0.2, 0) is 0 Å². The normalized spacial score (nSPS) is 10.9. The van der Waals surface area contributed by atoms with Gasteiger partial charge >= 0.3 is 0 Å². The largest absolute Gasteiger partial charge is 0.312 e. The summed E-state index contributed by atoms with van der Waals surface area (Å²) in [4.78, 5) is 18.5. The number of hydrogen-bond acceptors (Lipinski definition) is 5. The van der Waals surface area contributed by atoms with Crippen LogP contribution in [0.4, 0.5) is 0 Å². The standard InChI is InChI=1S/C19H13ClN6O/c1-12-18(16(27)10-20)19-15(6-7-17(24-19)26-22-8-9-23-26)25(12)14-4-2-13(11-21)3-5-14/h2-9H,10H2,1H3. The molecule has 0 bridgehead atoms. The number of nitrogens with zero attached hydrogens (tertiary/aromatic N) is 6. The molecule has 0 aliphatic heterocycles. The average molecular weight is 377 g/mol. The quantitative estimate of drug-likeness (QED) is 0.403. The molecule has 0 saturated carbocycles. The Morgan fingerprint density at radius 2 is 1.85 bits per heavy atom. The molecule has 4 aromatic rings. The molecule has 27 heavy (non-hydrogen) atoms. The highest BCUT2D eigenvalue weighted by atomic mass is 35.5. The molecule has 0 aliphatic rings. The molecule has 0 spiro atoms. The fourth-order valence-electron chi connectivity index (χ4n) is 3.13. The van der Waals surface area contributed by atoms with Crippen LogP contribution < -0.4 is 0 Å². The van der Waals surface area contributed by atoms with Gasteiger partial charge in [-0.15, -0.1) is 16.4 Å². The molecule has 0 saturated heterocycles. The number of Topliss-reactive ketones (excluding diaryl/α,β-unsaturated/α-hetero) is 1. The van der Waals surface area contributed by atoms with Crippen molar-refractivity contribution in [2.45, 2.75) is 6.92 Å². The molecule has 0 amide bonds. The van der Waals surface area contributed by atoms with Crippen molar-refractivity contribution in [3.63, 3.8) is 0 Å². The van der Waals surface area contributed by atoms with Crippen LogP contribution in [0.2, 0.25) is 0 Å². The van der Waals surface area contributed by atoms with E-state index in [2.05, 4.69) is 21.3 Å². The molecule has 3 aromatic heterocycles. The van der Waals surface area contributed by atoms with Gasteiger partial charge in [-0.1, -0.05) is 0 Å². The van der Waals surface area contributed by atoms with Gasteiger partial charge in [0.05, 0.1) is 41.0 Å². The predicted octanol–water partition coefficient (Wildman–Crippen LogP) is 3.21. The lowest BCUT2D eigenvalue weighted by Crippen LogP contribution is -2.05.